The van der Waals surface area contributed by atoms with Crippen LogP contribution in [0.25, 0.3) is 0 Å². The van der Waals surface area contributed by atoms with E-state index < -0.39 is 5.40 Å². The summed E-state index contributed by atoms with van der Waals surface area (Å²) < 4.78 is 0. The average molecular weight is 172 g/mol. The summed E-state index contributed by atoms with van der Waals surface area (Å²) in [6.45, 7) is 0. The van der Waals surface area contributed by atoms with E-state index in [0.29, 0.717) is 23.4 Å². The molecule has 0 spiro atoms. The molecular weight excluding hydrogens is 159 g/mol. The fourth-order valence-corrected chi connectivity index (χ4v) is 1.49. The summed E-state index contributed by atoms with van der Waals surface area (Å²) in [7, 11) is 2.30. The maximum atomic E-state index is 5.63. The van der Waals surface area contributed by atoms with Crippen molar-refractivity contribution in [2.45, 2.75) is 11.8 Å². The van der Waals surface area contributed by atoms with Gasteiger partial charge in [0.05, 0.1) is 0 Å². The van der Waals surface area contributed by atoms with Crippen LogP contribution >= 0.6 is 9.24 Å². The summed E-state index contributed by atoms with van der Waals surface area (Å²) in [6.07, 6.45) is 2.45. The highest BCUT2D eigenvalue weighted by Crippen LogP contribution is 2.28. The Hall–Kier alpha value is -0.570. The van der Waals surface area contributed by atoms with Crippen molar-refractivity contribution >= 4 is 9.24 Å². The summed E-state index contributed by atoms with van der Waals surface area (Å²) in [4.78, 5) is 0. The molecule has 0 saturated carbocycles. The Labute approximate surface area is 67.9 Å². The summed E-state index contributed by atoms with van der Waals surface area (Å²) in [6, 6.07) is 0. The quantitative estimate of drug-likeness (QED) is 0.297. The lowest BCUT2D eigenvalue weighted by molar-refractivity contribution is 0.745. The van der Waals surface area contributed by atoms with Crippen LogP contribution in [0.5, 0.6) is 0 Å². The van der Waals surface area contributed by atoms with Gasteiger partial charge in [-0.1, -0.05) is 15.3 Å². The standard InChI is InChI=1S/C6H13N4P/c7-3-1-2-4(8)5(3)6(9,10)11/h1H,2,7-11H2. The molecule has 1 unspecified atom stereocenters. The van der Waals surface area contributed by atoms with Gasteiger partial charge in [-0.15, -0.1) is 0 Å². The van der Waals surface area contributed by atoms with E-state index in [-0.39, 0.29) is 0 Å². The van der Waals surface area contributed by atoms with Gasteiger partial charge in [0.1, 0.15) is 5.40 Å². The zero-order chi connectivity index (χ0) is 8.65. The van der Waals surface area contributed by atoms with Gasteiger partial charge in [-0.2, -0.15) is 0 Å². The first-order valence-corrected chi connectivity index (χ1v) is 3.82. The van der Waals surface area contributed by atoms with E-state index in [0.717, 1.165) is 0 Å². The summed E-state index contributed by atoms with van der Waals surface area (Å²) in [5.74, 6) is 0. The molecule has 0 bridgehead atoms. The van der Waals surface area contributed by atoms with Crippen LogP contribution in [0.15, 0.2) is 23.0 Å². The second-order valence-corrected chi connectivity index (χ2v) is 3.65. The topological polar surface area (TPSA) is 104 Å². The maximum Gasteiger partial charge on any atom is 0.107 e. The second-order valence-electron chi connectivity index (χ2n) is 2.70. The predicted octanol–water partition coefficient (Wildman–Crippen LogP) is -1.11. The second kappa shape index (κ2) is 2.48. The van der Waals surface area contributed by atoms with Crippen molar-refractivity contribution in [3.8, 4) is 0 Å². The Kier molecular flexibility index (Phi) is 1.92. The van der Waals surface area contributed by atoms with Crippen LogP contribution < -0.4 is 22.9 Å². The number of hydrogen-bond donors (Lipinski definition) is 4. The molecule has 0 aromatic rings. The zero-order valence-electron chi connectivity index (χ0n) is 6.17. The summed E-state index contributed by atoms with van der Waals surface area (Å²) in [5.41, 5.74) is 24.3. The van der Waals surface area contributed by atoms with Crippen molar-refractivity contribution < 1.29 is 0 Å². The van der Waals surface area contributed by atoms with Gasteiger partial charge in [-0.3, -0.25) is 0 Å². The molecule has 5 heteroatoms. The Balaban J connectivity index is 3.03. The molecule has 1 aliphatic carbocycles. The highest BCUT2D eigenvalue weighted by atomic mass is 31.0. The molecule has 0 heterocycles. The van der Waals surface area contributed by atoms with Crippen molar-refractivity contribution in [2.24, 2.45) is 22.9 Å². The Morgan fingerprint density at radius 2 is 1.91 bits per heavy atom. The van der Waals surface area contributed by atoms with E-state index in [1.165, 1.54) is 0 Å². The molecule has 4 nitrogen and oxygen atoms in total. The molecule has 11 heavy (non-hydrogen) atoms. The van der Waals surface area contributed by atoms with E-state index in [1.54, 1.807) is 0 Å². The van der Waals surface area contributed by atoms with Gasteiger partial charge in [0.2, 0.25) is 0 Å². The molecular formula is C6H13N4P. The molecule has 1 atom stereocenters. The molecule has 62 valence electrons. The van der Waals surface area contributed by atoms with Crippen LogP contribution in [-0.2, 0) is 0 Å². The first-order chi connectivity index (χ1) is 4.93. The van der Waals surface area contributed by atoms with Crippen LogP contribution in [-0.4, -0.2) is 5.40 Å². The molecule has 1 aliphatic rings. The van der Waals surface area contributed by atoms with Crippen molar-refractivity contribution in [1.29, 1.82) is 0 Å². The number of allylic oxidation sites excluding steroid dienone is 1. The van der Waals surface area contributed by atoms with E-state index >= 15 is 0 Å². The number of rotatable bonds is 1. The smallest absolute Gasteiger partial charge is 0.107 e. The minimum absolute atomic E-state index is 0.586. The van der Waals surface area contributed by atoms with Gasteiger partial charge in [-0.25, -0.2) is 0 Å². The van der Waals surface area contributed by atoms with E-state index in [1.807, 2.05) is 6.08 Å². The minimum Gasteiger partial charge on any atom is -0.401 e. The third-order valence-electron chi connectivity index (χ3n) is 1.58. The SMILES string of the molecule is NC1=CCC(N)=C1C(N)(N)P. The third kappa shape index (κ3) is 1.53. The van der Waals surface area contributed by atoms with Crippen molar-refractivity contribution in [2.75, 3.05) is 0 Å². The number of nitrogens with two attached hydrogens (primary N) is 4. The van der Waals surface area contributed by atoms with E-state index in [4.69, 9.17) is 22.9 Å². The third-order valence-corrected chi connectivity index (χ3v) is 1.87. The normalized spacial score (nSPS) is 19.0. The van der Waals surface area contributed by atoms with E-state index in [2.05, 4.69) is 9.24 Å². The lowest BCUT2D eigenvalue weighted by Gasteiger charge is -2.22. The molecule has 0 fully saturated rings. The van der Waals surface area contributed by atoms with Crippen molar-refractivity contribution in [1.82, 2.24) is 0 Å². The minimum atomic E-state index is -0.999. The molecule has 0 aromatic heterocycles. The first kappa shape index (κ1) is 8.53. The summed E-state index contributed by atoms with van der Waals surface area (Å²) >= 11 is 0. The molecule has 8 N–H and O–H groups in total. The van der Waals surface area contributed by atoms with Crippen LogP contribution in [0, 0.1) is 0 Å². The van der Waals surface area contributed by atoms with Crippen LogP contribution in [0.2, 0.25) is 0 Å². The van der Waals surface area contributed by atoms with Gasteiger partial charge in [0.15, 0.2) is 0 Å². The van der Waals surface area contributed by atoms with Crippen molar-refractivity contribution in [3.63, 3.8) is 0 Å². The Morgan fingerprint density at radius 1 is 1.36 bits per heavy atom. The largest absolute Gasteiger partial charge is 0.401 e. The average Bonchev–Trinajstić information content (AvgIpc) is 2.08. The number of hydrogen-bond acceptors (Lipinski definition) is 4. The molecule has 0 aromatic carbocycles. The monoisotopic (exact) mass is 172 g/mol. The fraction of sp³-hybridized carbons (Fsp3) is 0.333. The molecule has 0 radical (unpaired) electrons. The Morgan fingerprint density at radius 3 is 2.09 bits per heavy atom. The van der Waals surface area contributed by atoms with Crippen LogP contribution in [0.4, 0.5) is 0 Å². The van der Waals surface area contributed by atoms with Crippen molar-refractivity contribution in [3.05, 3.63) is 23.0 Å². The highest BCUT2D eigenvalue weighted by molar-refractivity contribution is 7.19. The van der Waals surface area contributed by atoms with Gasteiger partial charge < -0.3 is 22.9 Å². The zero-order valence-corrected chi connectivity index (χ0v) is 7.33. The molecule has 0 aliphatic heterocycles. The highest BCUT2D eigenvalue weighted by Gasteiger charge is 2.26. The van der Waals surface area contributed by atoms with Crippen LogP contribution in [0.1, 0.15) is 6.42 Å². The van der Waals surface area contributed by atoms with Gasteiger partial charge in [-0.05, 0) is 0 Å². The van der Waals surface area contributed by atoms with Gasteiger partial charge in [0, 0.05) is 23.4 Å². The first-order valence-electron chi connectivity index (χ1n) is 3.24. The van der Waals surface area contributed by atoms with Gasteiger partial charge in [0.25, 0.3) is 0 Å². The lowest BCUT2D eigenvalue weighted by Crippen LogP contribution is -2.46. The fourth-order valence-electron chi connectivity index (χ4n) is 1.14. The summed E-state index contributed by atoms with van der Waals surface area (Å²) in [5, 5.41) is -0.999. The molecule has 0 amide bonds. The van der Waals surface area contributed by atoms with E-state index in [9.17, 15) is 0 Å². The maximum absolute atomic E-state index is 5.63. The molecule has 0 saturated heterocycles. The van der Waals surface area contributed by atoms with Gasteiger partial charge >= 0.3 is 0 Å². The lowest BCUT2D eigenvalue weighted by atomic mass is 10.1. The predicted molar refractivity (Wildman–Crippen MR) is 48.9 cm³/mol. The van der Waals surface area contributed by atoms with Crippen LogP contribution in [0.3, 0.4) is 0 Å². The molecule has 1 rings (SSSR count). The Bertz CT molecular complexity index is 235.